The Morgan fingerprint density at radius 2 is 2.16 bits per heavy atom. The van der Waals surface area contributed by atoms with Crippen molar-refractivity contribution in [3.63, 3.8) is 0 Å². The zero-order valence-electron chi connectivity index (χ0n) is 10.8. The summed E-state index contributed by atoms with van der Waals surface area (Å²) in [4.78, 5) is 16.2. The summed E-state index contributed by atoms with van der Waals surface area (Å²) in [6.45, 7) is 3.90. The lowest BCUT2D eigenvalue weighted by molar-refractivity contribution is 0.0602. The number of aromatic nitrogens is 1. The molecular formula is C13H13IN2O2S. The van der Waals surface area contributed by atoms with Crippen LogP contribution in [0.15, 0.2) is 11.4 Å². The smallest absolute Gasteiger partial charge is 0.340 e. The fourth-order valence-electron chi connectivity index (χ4n) is 1.80. The van der Waals surface area contributed by atoms with Gasteiger partial charge < -0.3 is 10.5 Å². The highest BCUT2D eigenvalue weighted by molar-refractivity contribution is 14.1. The standard InChI is InChI=1S/C13H13IN2O2S/c1-6-4-8(13(17)18-3)11(15)10(14)9(6)12-16-7(2)5-19-12/h4-5H,15H2,1-3H3. The monoisotopic (exact) mass is 388 g/mol. The van der Waals surface area contributed by atoms with E-state index >= 15 is 0 Å². The summed E-state index contributed by atoms with van der Waals surface area (Å²) in [5, 5.41) is 2.91. The number of nitrogens with two attached hydrogens (primary N) is 1. The van der Waals surface area contributed by atoms with E-state index in [0.29, 0.717) is 11.3 Å². The number of thiazole rings is 1. The van der Waals surface area contributed by atoms with Gasteiger partial charge in [0.05, 0.1) is 18.4 Å². The van der Waals surface area contributed by atoms with E-state index in [2.05, 4.69) is 27.6 Å². The molecule has 0 radical (unpaired) electrons. The first kappa shape index (κ1) is 14.3. The van der Waals surface area contributed by atoms with Gasteiger partial charge >= 0.3 is 5.97 Å². The maximum absolute atomic E-state index is 11.7. The third kappa shape index (κ3) is 2.59. The number of anilines is 1. The van der Waals surface area contributed by atoms with Crippen molar-refractivity contribution in [2.75, 3.05) is 12.8 Å². The molecule has 19 heavy (non-hydrogen) atoms. The summed E-state index contributed by atoms with van der Waals surface area (Å²) >= 11 is 3.72. The van der Waals surface area contributed by atoms with Crippen molar-refractivity contribution in [1.29, 1.82) is 0 Å². The Hall–Kier alpha value is -1.15. The summed E-state index contributed by atoms with van der Waals surface area (Å²) in [6.07, 6.45) is 0. The van der Waals surface area contributed by atoms with E-state index in [1.807, 2.05) is 19.2 Å². The SMILES string of the molecule is COC(=O)c1cc(C)c(-c2nc(C)cs2)c(I)c1N. The van der Waals surface area contributed by atoms with E-state index < -0.39 is 5.97 Å². The molecule has 0 fully saturated rings. The number of hydrogen-bond acceptors (Lipinski definition) is 5. The zero-order valence-corrected chi connectivity index (χ0v) is 13.8. The Morgan fingerprint density at radius 1 is 1.47 bits per heavy atom. The number of carbonyl (C=O) groups excluding carboxylic acids is 1. The van der Waals surface area contributed by atoms with Crippen molar-refractivity contribution in [2.24, 2.45) is 0 Å². The average Bonchev–Trinajstić information content (AvgIpc) is 2.79. The molecule has 0 aliphatic rings. The highest BCUT2D eigenvalue weighted by Crippen LogP contribution is 2.36. The number of nitrogen functional groups attached to an aromatic ring is 1. The molecule has 100 valence electrons. The minimum Gasteiger partial charge on any atom is -0.465 e. The van der Waals surface area contributed by atoms with E-state index in [1.165, 1.54) is 7.11 Å². The summed E-state index contributed by atoms with van der Waals surface area (Å²) in [7, 11) is 1.35. The molecule has 0 saturated carbocycles. The number of benzene rings is 1. The number of ether oxygens (including phenoxy) is 1. The topological polar surface area (TPSA) is 65.2 Å². The van der Waals surface area contributed by atoms with Crippen molar-refractivity contribution in [1.82, 2.24) is 4.98 Å². The summed E-state index contributed by atoms with van der Waals surface area (Å²) in [5.41, 5.74) is 9.82. The van der Waals surface area contributed by atoms with Crippen LogP contribution in [0.2, 0.25) is 0 Å². The van der Waals surface area contributed by atoms with Crippen molar-refractivity contribution in [2.45, 2.75) is 13.8 Å². The second-order valence-electron chi connectivity index (χ2n) is 4.13. The first-order valence-electron chi connectivity index (χ1n) is 5.55. The fraction of sp³-hybridized carbons (Fsp3) is 0.231. The molecule has 1 heterocycles. The molecule has 1 aromatic carbocycles. The predicted molar refractivity (Wildman–Crippen MR) is 85.5 cm³/mol. The van der Waals surface area contributed by atoms with Gasteiger partial charge in [0, 0.05) is 20.2 Å². The Balaban J connectivity index is 2.65. The van der Waals surface area contributed by atoms with Gasteiger partial charge in [0.1, 0.15) is 5.01 Å². The Labute approximate surface area is 129 Å². The number of nitrogens with zero attached hydrogens (tertiary/aromatic N) is 1. The van der Waals surface area contributed by atoms with Gasteiger partial charge in [0.25, 0.3) is 0 Å². The second-order valence-corrected chi connectivity index (χ2v) is 6.07. The zero-order chi connectivity index (χ0) is 14.2. The summed E-state index contributed by atoms with van der Waals surface area (Å²) in [6, 6.07) is 1.76. The molecule has 2 N–H and O–H groups in total. The quantitative estimate of drug-likeness (QED) is 0.487. The maximum Gasteiger partial charge on any atom is 0.340 e. The van der Waals surface area contributed by atoms with Gasteiger partial charge in [-0.2, -0.15) is 0 Å². The summed E-state index contributed by atoms with van der Waals surface area (Å²) in [5.74, 6) is -0.416. The van der Waals surface area contributed by atoms with E-state index in [4.69, 9.17) is 10.5 Å². The van der Waals surface area contributed by atoms with Crippen molar-refractivity contribution >= 4 is 45.6 Å². The number of aryl methyl sites for hydroxylation is 2. The Bertz CT molecular complexity index is 652. The van der Waals surface area contributed by atoms with Gasteiger partial charge in [-0.3, -0.25) is 0 Å². The molecule has 0 unspecified atom stereocenters. The van der Waals surface area contributed by atoms with Crippen molar-refractivity contribution in [3.05, 3.63) is 31.8 Å². The molecule has 6 heteroatoms. The summed E-state index contributed by atoms with van der Waals surface area (Å²) < 4.78 is 5.58. The number of carbonyl (C=O) groups is 1. The lowest BCUT2D eigenvalue weighted by Crippen LogP contribution is -2.09. The molecule has 4 nitrogen and oxygen atoms in total. The second kappa shape index (κ2) is 5.46. The normalized spacial score (nSPS) is 10.5. The predicted octanol–water partition coefficient (Wildman–Crippen LogP) is 3.40. The van der Waals surface area contributed by atoms with Crippen LogP contribution >= 0.6 is 33.9 Å². The number of rotatable bonds is 2. The number of halogens is 1. The van der Waals surface area contributed by atoms with Crippen LogP contribution in [0.3, 0.4) is 0 Å². The van der Waals surface area contributed by atoms with Crippen LogP contribution in [0.5, 0.6) is 0 Å². The van der Waals surface area contributed by atoms with Crippen LogP contribution in [-0.4, -0.2) is 18.1 Å². The molecule has 0 amide bonds. The van der Waals surface area contributed by atoms with Gasteiger partial charge in [-0.05, 0) is 48.1 Å². The van der Waals surface area contributed by atoms with Gasteiger partial charge in [0.15, 0.2) is 0 Å². The van der Waals surface area contributed by atoms with E-state index in [9.17, 15) is 4.79 Å². The number of hydrogen-bond donors (Lipinski definition) is 1. The molecule has 0 spiro atoms. The minimum atomic E-state index is -0.416. The van der Waals surface area contributed by atoms with Crippen LogP contribution in [0.1, 0.15) is 21.6 Å². The third-order valence-corrected chi connectivity index (χ3v) is 4.84. The molecule has 2 rings (SSSR count). The van der Waals surface area contributed by atoms with Crippen LogP contribution in [0.25, 0.3) is 10.6 Å². The molecule has 0 bridgehead atoms. The molecule has 0 saturated heterocycles. The first-order chi connectivity index (χ1) is 8.95. The number of esters is 1. The molecule has 0 aliphatic carbocycles. The Morgan fingerprint density at radius 3 is 2.68 bits per heavy atom. The van der Waals surface area contributed by atoms with Crippen LogP contribution in [0.4, 0.5) is 5.69 Å². The lowest BCUT2D eigenvalue weighted by Gasteiger charge is -2.12. The van der Waals surface area contributed by atoms with Crippen LogP contribution in [-0.2, 0) is 4.74 Å². The van der Waals surface area contributed by atoms with Crippen molar-refractivity contribution in [3.8, 4) is 10.6 Å². The van der Waals surface area contributed by atoms with E-state index in [1.54, 1.807) is 17.4 Å². The van der Waals surface area contributed by atoms with Gasteiger partial charge in [-0.1, -0.05) is 0 Å². The highest BCUT2D eigenvalue weighted by Gasteiger charge is 2.19. The first-order valence-corrected chi connectivity index (χ1v) is 7.51. The third-order valence-electron chi connectivity index (χ3n) is 2.74. The van der Waals surface area contributed by atoms with Crippen LogP contribution in [0, 0.1) is 17.4 Å². The number of methoxy groups -OCH3 is 1. The molecule has 1 aromatic heterocycles. The fourth-order valence-corrected chi connectivity index (χ4v) is 3.87. The molecular weight excluding hydrogens is 375 g/mol. The van der Waals surface area contributed by atoms with Gasteiger partial charge in [-0.25, -0.2) is 9.78 Å². The largest absolute Gasteiger partial charge is 0.465 e. The molecule has 0 atom stereocenters. The van der Waals surface area contributed by atoms with Crippen LogP contribution < -0.4 is 5.73 Å². The van der Waals surface area contributed by atoms with E-state index in [0.717, 1.165) is 25.4 Å². The average molecular weight is 388 g/mol. The minimum absolute atomic E-state index is 0.404. The Kier molecular flexibility index (Phi) is 4.10. The highest BCUT2D eigenvalue weighted by atomic mass is 127. The van der Waals surface area contributed by atoms with Crippen molar-refractivity contribution < 1.29 is 9.53 Å². The van der Waals surface area contributed by atoms with E-state index in [-0.39, 0.29) is 0 Å². The molecule has 2 aromatic rings. The van der Waals surface area contributed by atoms with Gasteiger partial charge in [0.2, 0.25) is 0 Å². The maximum atomic E-state index is 11.7. The van der Waals surface area contributed by atoms with Gasteiger partial charge in [-0.15, -0.1) is 11.3 Å². The lowest BCUT2D eigenvalue weighted by atomic mass is 10.0. The molecule has 0 aliphatic heterocycles.